The van der Waals surface area contributed by atoms with Crippen molar-refractivity contribution in [3.8, 4) is 50.3 Å². The van der Waals surface area contributed by atoms with Crippen molar-refractivity contribution in [2.24, 2.45) is 0 Å². The van der Waals surface area contributed by atoms with Gasteiger partial charge in [0, 0.05) is 22.5 Å². The maximum atomic E-state index is 5.39. The zero-order chi connectivity index (χ0) is 35.2. The SMILES string of the molecule is COc1ccc(-c2ccc(N(c3ccc(-c4ccccc4)cc3)c3ccc4c(c3)C(C)(C)c3cc(-c5ccc6ccccc6c5)ccc3-4)cc2)cc1. The molecule has 52 heavy (non-hydrogen) atoms. The molecule has 0 heterocycles. The number of methoxy groups -OCH3 is 1. The lowest BCUT2D eigenvalue weighted by atomic mass is 9.81. The fourth-order valence-electron chi connectivity index (χ4n) is 7.88. The van der Waals surface area contributed by atoms with Crippen LogP contribution in [0.25, 0.3) is 55.3 Å². The van der Waals surface area contributed by atoms with Gasteiger partial charge < -0.3 is 9.64 Å². The molecule has 0 spiro atoms. The molecule has 0 unspecified atom stereocenters. The van der Waals surface area contributed by atoms with Crippen LogP contribution in [0.5, 0.6) is 5.75 Å². The minimum atomic E-state index is -0.172. The molecule has 0 N–H and O–H groups in total. The van der Waals surface area contributed by atoms with Gasteiger partial charge in [-0.25, -0.2) is 0 Å². The van der Waals surface area contributed by atoms with Crippen LogP contribution in [0.2, 0.25) is 0 Å². The Morgan fingerprint density at radius 1 is 0.385 bits per heavy atom. The Morgan fingerprint density at radius 3 is 1.48 bits per heavy atom. The lowest BCUT2D eigenvalue weighted by molar-refractivity contribution is 0.415. The average Bonchev–Trinajstić information content (AvgIpc) is 3.43. The van der Waals surface area contributed by atoms with Gasteiger partial charge in [0.1, 0.15) is 5.75 Å². The minimum Gasteiger partial charge on any atom is -0.497 e. The monoisotopic (exact) mass is 669 g/mol. The van der Waals surface area contributed by atoms with Gasteiger partial charge in [0.05, 0.1) is 7.11 Å². The summed E-state index contributed by atoms with van der Waals surface area (Å²) in [5, 5.41) is 2.53. The molecule has 0 bridgehead atoms. The molecule has 0 amide bonds. The number of nitrogens with zero attached hydrogens (tertiary/aromatic N) is 1. The summed E-state index contributed by atoms with van der Waals surface area (Å²) in [5.41, 5.74) is 15.8. The number of hydrogen-bond acceptors (Lipinski definition) is 2. The second-order valence-corrected chi connectivity index (χ2v) is 14.2. The Bertz CT molecular complexity index is 2550. The Hall–Kier alpha value is -6.38. The highest BCUT2D eigenvalue weighted by Gasteiger charge is 2.36. The van der Waals surface area contributed by atoms with Gasteiger partial charge in [-0.15, -0.1) is 0 Å². The summed E-state index contributed by atoms with van der Waals surface area (Å²) in [4.78, 5) is 2.38. The second-order valence-electron chi connectivity index (χ2n) is 14.2. The molecule has 1 aliphatic rings. The molecule has 8 aromatic carbocycles. The molecule has 9 rings (SSSR count). The van der Waals surface area contributed by atoms with Gasteiger partial charge >= 0.3 is 0 Å². The first-order chi connectivity index (χ1) is 25.5. The molecule has 0 aliphatic heterocycles. The van der Waals surface area contributed by atoms with Gasteiger partial charge in [0.25, 0.3) is 0 Å². The number of fused-ring (bicyclic) bond motifs is 4. The average molecular weight is 670 g/mol. The second kappa shape index (κ2) is 12.7. The predicted molar refractivity (Wildman–Crippen MR) is 219 cm³/mol. The van der Waals surface area contributed by atoms with Crippen LogP contribution in [0.3, 0.4) is 0 Å². The van der Waals surface area contributed by atoms with Crippen LogP contribution in [0.4, 0.5) is 17.1 Å². The zero-order valence-electron chi connectivity index (χ0n) is 29.7. The normalized spacial score (nSPS) is 12.7. The van der Waals surface area contributed by atoms with E-state index in [-0.39, 0.29) is 5.41 Å². The molecule has 0 aromatic heterocycles. The van der Waals surface area contributed by atoms with E-state index in [1.54, 1.807) is 7.11 Å². The van der Waals surface area contributed by atoms with Crippen LogP contribution >= 0.6 is 0 Å². The number of benzene rings is 8. The zero-order valence-corrected chi connectivity index (χ0v) is 29.7. The minimum absolute atomic E-state index is 0.172. The van der Waals surface area contributed by atoms with Crippen LogP contribution in [-0.2, 0) is 5.41 Å². The van der Waals surface area contributed by atoms with E-state index in [0.29, 0.717) is 0 Å². The van der Waals surface area contributed by atoms with Crippen molar-refractivity contribution in [1.82, 2.24) is 0 Å². The maximum absolute atomic E-state index is 5.39. The Balaban J connectivity index is 1.11. The molecule has 0 saturated heterocycles. The fourth-order valence-corrected chi connectivity index (χ4v) is 7.88. The van der Waals surface area contributed by atoms with Crippen molar-refractivity contribution in [3.05, 3.63) is 193 Å². The van der Waals surface area contributed by atoms with E-state index in [1.165, 1.54) is 60.8 Å². The lowest BCUT2D eigenvalue weighted by Crippen LogP contribution is -2.16. The molecule has 0 fully saturated rings. The number of hydrogen-bond donors (Lipinski definition) is 0. The van der Waals surface area contributed by atoms with E-state index in [4.69, 9.17) is 4.74 Å². The molecule has 0 atom stereocenters. The van der Waals surface area contributed by atoms with Crippen molar-refractivity contribution in [3.63, 3.8) is 0 Å². The summed E-state index contributed by atoms with van der Waals surface area (Å²) in [6, 6.07) is 66.1. The number of rotatable bonds is 7. The molecular weight excluding hydrogens is 631 g/mol. The smallest absolute Gasteiger partial charge is 0.118 e. The van der Waals surface area contributed by atoms with Crippen molar-refractivity contribution in [2.75, 3.05) is 12.0 Å². The first kappa shape index (κ1) is 31.6. The summed E-state index contributed by atoms with van der Waals surface area (Å²) < 4.78 is 5.39. The van der Waals surface area contributed by atoms with Crippen molar-refractivity contribution in [2.45, 2.75) is 19.3 Å². The third kappa shape index (κ3) is 5.54. The third-order valence-electron chi connectivity index (χ3n) is 10.8. The molecule has 8 aromatic rings. The van der Waals surface area contributed by atoms with Crippen molar-refractivity contribution >= 4 is 27.8 Å². The Morgan fingerprint density at radius 2 is 0.846 bits per heavy atom. The molecule has 250 valence electrons. The van der Waals surface area contributed by atoms with E-state index < -0.39 is 0 Å². The lowest BCUT2D eigenvalue weighted by Gasteiger charge is -2.28. The van der Waals surface area contributed by atoms with Crippen LogP contribution in [0.15, 0.2) is 182 Å². The quantitative estimate of drug-likeness (QED) is 0.167. The number of anilines is 3. The molecule has 0 radical (unpaired) electrons. The highest BCUT2D eigenvalue weighted by atomic mass is 16.5. The molecule has 1 aliphatic carbocycles. The highest BCUT2D eigenvalue weighted by molar-refractivity contribution is 5.90. The van der Waals surface area contributed by atoms with Crippen LogP contribution in [0.1, 0.15) is 25.0 Å². The maximum Gasteiger partial charge on any atom is 0.118 e. The summed E-state index contributed by atoms with van der Waals surface area (Å²) >= 11 is 0. The molecular formula is C50H39NO. The highest BCUT2D eigenvalue weighted by Crippen LogP contribution is 2.51. The van der Waals surface area contributed by atoms with Crippen LogP contribution in [-0.4, -0.2) is 7.11 Å². The van der Waals surface area contributed by atoms with Gasteiger partial charge in [-0.05, 0) is 127 Å². The van der Waals surface area contributed by atoms with Crippen molar-refractivity contribution < 1.29 is 4.74 Å². The van der Waals surface area contributed by atoms with E-state index in [1.807, 2.05) is 12.1 Å². The fraction of sp³-hybridized carbons (Fsp3) is 0.0800. The van der Waals surface area contributed by atoms with Gasteiger partial charge in [-0.1, -0.05) is 135 Å². The largest absolute Gasteiger partial charge is 0.497 e. The third-order valence-corrected chi connectivity index (χ3v) is 10.8. The topological polar surface area (TPSA) is 12.5 Å². The van der Waals surface area contributed by atoms with Crippen LogP contribution in [0, 0.1) is 0 Å². The Kier molecular flexibility index (Phi) is 7.74. The Labute approximate surface area is 306 Å². The first-order valence-electron chi connectivity index (χ1n) is 17.9. The van der Waals surface area contributed by atoms with Crippen molar-refractivity contribution in [1.29, 1.82) is 0 Å². The summed E-state index contributed by atoms with van der Waals surface area (Å²) in [6.45, 7) is 4.74. The van der Waals surface area contributed by atoms with E-state index in [0.717, 1.165) is 28.4 Å². The van der Waals surface area contributed by atoms with Gasteiger partial charge in [-0.3, -0.25) is 0 Å². The standard InChI is InChI=1S/C50H39NO/c1-50(2)48-32-41(40-14-13-35-11-7-8-12-39(35)31-40)21-29-46(48)47-30-26-44(33-49(47)50)51(42-22-15-36(16-23-42)34-9-5-4-6-10-34)43-24-17-37(18-25-43)38-19-27-45(52-3)28-20-38/h4-33H,1-3H3. The molecule has 2 nitrogen and oxygen atoms in total. The van der Waals surface area contributed by atoms with Gasteiger partial charge in [0.15, 0.2) is 0 Å². The van der Waals surface area contributed by atoms with E-state index in [9.17, 15) is 0 Å². The summed E-state index contributed by atoms with van der Waals surface area (Å²) in [7, 11) is 1.70. The first-order valence-corrected chi connectivity index (χ1v) is 17.9. The predicted octanol–water partition coefficient (Wildman–Crippen LogP) is 13.6. The molecule has 2 heteroatoms. The van der Waals surface area contributed by atoms with E-state index >= 15 is 0 Å². The van der Waals surface area contributed by atoms with Gasteiger partial charge in [0.2, 0.25) is 0 Å². The van der Waals surface area contributed by atoms with E-state index in [2.05, 4.69) is 189 Å². The summed E-state index contributed by atoms with van der Waals surface area (Å²) in [6.07, 6.45) is 0. The number of ether oxygens (including phenoxy) is 1. The summed E-state index contributed by atoms with van der Waals surface area (Å²) in [5.74, 6) is 0.858. The van der Waals surface area contributed by atoms with Gasteiger partial charge in [-0.2, -0.15) is 0 Å². The van der Waals surface area contributed by atoms with Crippen LogP contribution < -0.4 is 9.64 Å². The molecule has 0 saturated carbocycles.